The zero-order chi connectivity index (χ0) is 24.9. The first-order chi connectivity index (χ1) is 17.6. The minimum atomic E-state index is -0.645. The van der Waals surface area contributed by atoms with Crippen LogP contribution in [0, 0.1) is 11.6 Å². The Morgan fingerprint density at radius 3 is 2.22 bits per heavy atom. The molecule has 6 heteroatoms. The number of likely N-dealkylation sites (tertiary alicyclic amines) is 1. The van der Waals surface area contributed by atoms with Crippen LogP contribution in [0.5, 0.6) is 5.75 Å². The van der Waals surface area contributed by atoms with Crippen molar-refractivity contribution < 1.29 is 18.6 Å². The molecule has 1 saturated heterocycles. The Labute approximate surface area is 209 Å². The Bertz CT molecular complexity index is 1330. The molecule has 0 bridgehead atoms. The van der Waals surface area contributed by atoms with Crippen molar-refractivity contribution >= 4 is 16.5 Å². The molecule has 1 fully saturated rings. The van der Waals surface area contributed by atoms with Crippen molar-refractivity contribution in [2.75, 3.05) is 26.2 Å². The summed E-state index contributed by atoms with van der Waals surface area (Å²) < 4.78 is 34.0. The van der Waals surface area contributed by atoms with Crippen LogP contribution in [0.3, 0.4) is 0 Å². The Kier molecular flexibility index (Phi) is 7.35. The summed E-state index contributed by atoms with van der Waals surface area (Å²) in [7, 11) is 0. The zero-order valence-corrected chi connectivity index (χ0v) is 19.9. The lowest BCUT2D eigenvalue weighted by atomic mass is 9.88. The van der Waals surface area contributed by atoms with Gasteiger partial charge < -0.3 is 9.84 Å². The van der Waals surface area contributed by atoms with Crippen molar-refractivity contribution in [1.82, 2.24) is 9.88 Å². The number of aliphatic hydroxyl groups is 1. The topological polar surface area (TPSA) is 45.6 Å². The minimum absolute atomic E-state index is 0.186. The first-order valence-electron chi connectivity index (χ1n) is 12.2. The summed E-state index contributed by atoms with van der Waals surface area (Å²) >= 11 is 0. The van der Waals surface area contributed by atoms with E-state index in [-0.39, 0.29) is 18.2 Å². The number of fused-ring (bicyclic) bond motifs is 1. The Morgan fingerprint density at radius 2 is 1.56 bits per heavy atom. The summed E-state index contributed by atoms with van der Waals surface area (Å²) in [5.74, 6) is 0.0763. The number of pyridine rings is 1. The van der Waals surface area contributed by atoms with Crippen molar-refractivity contribution in [3.8, 4) is 5.75 Å². The molecule has 1 N–H and O–H groups in total. The highest BCUT2D eigenvalue weighted by atomic mass is 19.1. The molecule has 1 unspecified atom stereocenters. The van der Waals surface area contributed by atoms with Gasteiger partial charge in [-0.05, 0) is 78.1 Å². The van der Waals surface area contributed by atoms with Gasteiger partial charge in [0.2, 0.25) is 0 Å². The van der Waals surface area contributed by atoms with Gasteiger partial charge in [0.25, 0.3) is 0 Å². The Balaban J connectivity index is 1.25. The van der Waals surface area contributed by atoms with E-state index < -0.39 is 6.10 Å². The van der Waals surface area contributed by atoms with E-state index >= 15 is 0 Å². The molecule has 1 aromatic heterocycles. The summed E-state index contributed by atoms with van der Waals surface area (Å²) in [5.41, 5.74) is 4.41. The molecule has 184 valence electrons. The number of ether oxygens (including phenoxy) is 1. The number of benzene rings is 3. The molecule has 0 aliphatic carbocycles. The third-order valence-corrected chi connectivity index (χ3v) is 6.55. The standard InChI is InChI=1S/C30H28F2N2O2/c31-24-7-1-5-22(17-24)30(23-6-2-8-25(32)18-23)21-12-15-34(16-13-21)19-26(35)20-36-29-11-3-10-28-27(29)9-4-14-33-28/h1-11,14,17-18,26,35H,12-13,15-16,19-20H2. The lowest BCUT2D eigenvalue weighted by Gasteiger charge is -2.31. The van der Waals surface area contributed by atoms with Crippen molar-refractivity contribution in [2.24, 2.45) is 0 Å². The number of β-amino-alcohol motifs (C(OH)–C–C–N with tert-alkyl or cyclic N) is 1. The van der Waals surface area contributed by atoms with Gasteiger partial charge in [-0.2, -0.15) is 0 Å². The summed E-state index contributed by atoms with van der Waals surface area (Å²) in [6.45, 7) is 2.17. The van der Waals surface area contributed by atoms with E-state index in [1.54, 1.807) is 18.3 Å². The second kappa shape index (κ2) is 11.0. The molecule has 2 heterocycles. The minimum Gasteiger partial charge on any atom is -0.490 e. The molecule has 4 aromatic rings. The van der Waals surface area contributed by atoms with E-state index in [0.29, 0.717) is 12.3 Å². The first-order valence-corrected chi connectivity index (χ1v) is 12.2. The zero-order valence-electron chi connectivity index (χ0n) is 19.9. The van der Waals surface area contributed by atoms with Crippen LogP contribution in [0.15, 0.2) is 90.6 Å². The fraction of sp³-hybridized carbons (Fsp3) is 0.233. The van der Waals surface area contributed by atoms with Crippen LogP contribution in [0.2, 0.25) is 0 Å². The van der Waals surface area contributed by atoms with Gasteiger partial charge in [-0.15, -0.1) is 0 Å². The molecule has 0 spiro atoms. The van der Waals surface area contributed by atoms with Gasteiger partial charge in [-0.25, -0.2) is 8.78 Å². The highest BCUT2D eigenvalue weighted by Crippen LogP contribution is 2.33. The summed E-state index contributed by atoms with van der Waals surface area (Å²) in [5, 5.41) is 11.6. The van der Waals surface area contributed by atoms with Crippen molar-refractivity contribution in [2.45, 2.75) is 18.9 Å². The number of aliphatic hydroxyl groups excluding tert-OH is 1. The number of aromatic nitrogens is 1. The predicted octanol–water partition coefficient (Wildman–Crippen LogP) is 5.85. The third-order valence-electron chi connectivity index (χ3n) is 6.55. The Morgan fingerprint density at radius 1 is 0.889 bits per heavy atom. The Hall–Kier alpha value is -3.61. The number of hydrogen-bond donors (Lipinski definition) is 1. The number of rotatable bonds is 7. The van der Waals surface area contributed by atoms with E-state index in [4.69, 9.17) is 4.74 Å². The van der Waals surface area contributed by atoms with Gasteiger partial charge in [0, 0.05) is 31.2 Å². The van der Waals surface area contributed by atoms with Crippen LogP contribution >= 0.6 is 0 Å². The summed E-state index contributed by atoms with van der Waals surface area (Å²) in [6, 6.07) is 22.5. The largest absolute Gasteiger partial charge is 0.490 e. The summed E-state index contributed by atoms with van der Waals surface area (Å²) in [4.78, 5) is 6.55. The lowest BCUT2D eigenvalue weighted by molar-refractivity contribution is 0.0661. The summed E-state index contributed by atoms with van der Waals surface area (Å²) in [6.07, 6.45) is 2.61. The second-order valence-electron chi connectivity index (χ2n) is 9.09. The monoisotopic (exact) mass is 486 g/mol. The van der Waals surface area contributed by atoms with E-state index in [1.165, 1.54) is 24.3 Å². The molecule has 1 aliphatic heterocycles. The maximum absolute atomic E-state index is 14.0. The molecule has 5 rings (SSSR count). The quantitative estimate of drug-likeness (QED) is 0.356. The van der Waals surface area contributed by atoms with E-state index in [9.17, 15) is 13.9 Å². The average molecular weight is 487 g/mol. The normalized spacial score (nSPS) is 15.1. The van der Waals surface area contributed by atoms with Gasteiger partial charge in [0.05, 0.1) is 5.52 Å². The molecular formula is C30H28F2N2O2. The van der Waals surface area contributed by atoms with Crippen LogP contribution in [0.25, 0.3) is 16.5 Å². The molecule has 0 radical (unpaired) electrons. The van der Waals surface area contributed by atoms with Crippen molar-refractivity contribution in [1.29, 1.82) is 0 Å². The van der Waals surface area contributed by atoms with E-state index in [1.807, 2.05) is 42.5 Å². The predicted molar refractivity (Wildman–Crippen MR) is 138 cm³/mol. The third kappa shape index (κ3) is 5.61. The van der Waals surface area contributed by atoms with Crippen LogP contribution in [0.1, 0.15) is 24.0 Å². The van der Waals surface area contributed by atoms with Gasteiger partial charge in [0.1, 0.15) is 30.1 Å². The second-order valence-corrected chi connectivity index (χ2v) is 9.09. The number of nitrogens with zero attached hydrogens (tertiary/aromatic N) is 2. The molecule has 4 nitrogen and oxygen atoms in total. The lowest BCUT2D eigenvalue weighted by Crippen LogP contribution is -2.39. The molecule has 1 atom stereocenters. The van der Waals surface area contributed by atoms with Crippen LogP contribution in [-0.2, 0) is 0 Å². The first kappa shape index (κ1) is 24.1. The maximum Gasteiger partial charge on any atom is 0.128 e. The number of halogens is 2. The van der Waals surface area contributed by atoms with Crippen LogP contribution in [-0.4, -0.2) is 47.3 Å². The molecular weight excluding hydrogens is 458 g/mol. The number of hydrogen-bond acceptors (Lipinski definition) is 4. The van der Waals surface area contributed by atoms with Crippen molar-refractivity contribution in [3.63, 3.8) is 0 Å². The van der Waals surface area contributed by atoms with Gasteiger partial charge in [0.15, 0.2) is 0 Å². The van der Waals surface area contributed by atoms with Crippen LogP contribution < -0.4 is 4.74 Å². The molecule has 1 aliphatic rings. The van der Waals surface area contributed by atoms with Gasteiger partial charge >= 0.3 is 0 Å². The van der Waals surface area contributed by atoms with Gasteiger partial charge in [-0.1, -0.05) is 35.9 Å². The van der Waals surface area contributed by atoms with Crippen LogP contribution in [0.4, 0.5) is 8.78 Å². The smallest absolute Gasteiger partial charge is 0.128 e. The molecule has 0 amide bonds. The van der Waals surface area contributed by atoms with E-state index in [2.05, 4.69) is 9.88 Å². The van der Waals surface area contributed by atoms with E-state index in [0.717, 1.165) is 59.1 Å². The fourth-order valence-electron chi connectivity index (χ4n) is 4.86. The van der Waals surface area contributed by atoms with Crippen molar-refractivity contribution in [3.05, 3.63) is 113 Å². The SMILES string of the molecule is OC(COc1cccc2ncccc12)CN1CCC(=C(c2cccc(F)c2)c2cccc(F)c2)CC1. The maximum atomic E-state index is 14.0. The molecule has 36 heavy (non-hydrogen) atoms. The molecule has 3 aromatic carbocycles. The highest BCUT2D eigenvalue weighted by molar-refractivity contribution is 5.85. The highest BCUT2D eigenvalue weighted by Gasteiger charge is 2.21. The average Bonchev–Trinajstić information content (AvgIpc) is 2.89. The fourth-order valence-corrected chi connectivity index (χ4v) is 4.86. The molecule has 0 saturated carbocycles. The van der Waals surface area contributed by atoms with Gasteiger partial charge in [-0.3, -0.25) is 9.88 Å². The number of piperidine rings is 1.